The zero-order valence-electron chi connectivity index (χ0n) is 18.7. The molecule has 4 atom stereocenters. The van der Waals surface area contributed by atoms with Gasteiger partial charge in [-0.25, -0.2) is 0 Å². The lowest BCUT2D eigenvalue weighted by Gasteiger charge is -2.34. The maximum Gasteiger partial charge on any atom is 0.320 e. The zero-order chi connectivity index (χ0) is 21.3. The van der Waals surface area contributed by atoms with Crippen LogP contribution in [0, 0.1) is 11.8 Å². The Bertz CT molecular complexity index is 494. The van der Waals surface area contributed by atoms with Crippen LogP contribution in [0.1, 0.15) is 53.9 Å². The Hall–Kier alpha value is -1.18. The summed E-state index contributed by atoms with van der Waals surface area (Å²) in [5.41, 5.74) is -0.853. The van der Waals surface area contributed by atoms with Crippen molar-refractivity contribution in [2.75, 3.05) is 46.3 Å². The average molecular weight is 400 g/mol. The molecule has 1 aliphatic heterocycles. The molecule has 0 bridgehead atoms. The molecular formula is C21H41N3O4. The molecule has 7 nitrogen and oxygen atoms in total. The predicted molar refractivity (Wildman–Crippen MR) is 111 cm³/mol. The number of rotatable bonds is 5. The van der Waals surface area contributed by atoms with Crippen LogP contribution in [0.4, 0.5) is 0 Å². The number of aliphatic hydroxyl groups is 1. The Morgan fingerprint density at radius 1 is 1.32 bits per heavy atom. The second kappa shape index (κ2) is 11.7. The smallest absolute Gasteiger partial charge is 0.320 e. The normalized spacial score (nSPS) is 31.4. The summed E-state index contributed by atoms with van der Waals surface area (Å²) < 4.78 is 5.81. The Kier molecular flexibility index (Phi) is 10.4. The third-order valence-electron chi connectivity index (χ3n) is 5.79. The van der Waals surface area contributed by atoms with E-state index in [1.54, 1.807) is 6.92 Å². The van der Waals surface area contributed by atoms with Gasteiger partial charge in [-0.3, -0.25) is 14.5 Å². The molecule has 0 unspecified atom stereocenters. The lowest BCUT2D eigenvalue weighted by Crippen LogP contribution is -2.45. The quantitative estimate of drug-likeness (QED) is 0.682. The molecule has 0 spiro atoms. The first-order chi connectivity index (χ1) is 13.1. The van der Waals surface area contributed by atoms with Crippen molar-refractivity contribution in [3.8, 4) is 0 Å². The van der Waals surface area contributed by atoms with Crippen molar-refractivity contribution in [3.63, 3.8) is 0 Å². The number of likely N-dealkylation sites (N-methyl/N-ethyl adjacent to an activating group) is 2. The molecule has 1 rings (SSSR count). The summed E-state index contributed by atoms with van der Waals surface area (Å²) in [4.78, 5) is 29.3. The van der Waals surface area contributed by atoms with Gasteiger partial charge < -0.3 is 20.1 Å². The number of nitrogens with one attached hydrogen (secondary N) is 1. The van der Waals surface area contributed by atoms with E-state index in [0.717, 1.165) is 32.6 Å². The minimum atomic E-state index is -0.853. The predicted octanol–water partition coefficient (Wildman–Crippen LogP) is 1.50. The van der Waals surface area contributed by atoms with E-state index in [0.29, 0.717) is 19.4 Å². The molecule has 1 saturated heterocycles. The third kappa shape index (κ3) is 8.45. The number of hydrogen-bond acceptors (Lipinski definition) is 6. The van der Waals surface area contributed by atoms with Gasteiger partial charge in [0.05, 0.1) is 18.1 Å². The van der Waals surface area contributed by atoms with E-state index in [4.69, 9.17) is 4.74 Å². The highest BCUT2D eigenvalue weighted by molar-refractivity contribution is 5.79. The van der Waals surface area contributed by atoms with Crippen LogP contribution in [0.15, 0.2) is 0 Å². The molecule has 0 saturated carbocycles. The van der Waals surface area contributed by atoms with Gasteiger partial charge >= 0.3 is 5.97 Å². The fraction of sp³-hybridized carbons (Fsp3) is 0.905. The topological polar surface area (TPSA) is 82.1 Å². The van der Waals surface area contributed by atoms with Gasteiger partial charge in [0.15, 0.2) is 0 Å². The van der Waals surface area contributed by atoms with Crippen molar-refractivity contribution in [1.29, 1.82) is 0 Å². The van der Waals surface area contributed by atoms with Gasteiger partial charge in [-0.15, -0.1) is 0 Å². The molecule has 28 heavy (non-hydrogen) atoms. The van der Waals surface area contributed by atoms with Crippen LogP contribution in [0.25, 0.3) is 0 Å². The van der Waals surface area contributed by atoms with Crippen molar-refractivity contribution in [3.05, 3.63) is 0 Å². The third-order valence-corrected chi connectivity index (χ3v) is 5.79. The Morgan fingerprint density at radius 2 is 1.96 bits per heavy atom. The monoisotopic (exact) mass is 399 g/mol. The second-order valence-corrected chi connectivity index (χ2v) is 8.58. The molecule has 0 aromatic rings. The van der Waals surface area contributed by atoms with Crippen molar-refractivity contribution >= 4 is 11.9 Å². The van der Waals surface area contributed by atoms with Crippen LogP contribution >= 0.6 is 0 Å². The van der Waals surface area contributed by atoms with Gasteiger partial charge in [0.25, 0.3) is 0 Å². The highest BCUT2D eigenvalue weighted by Gasteiger charge is 2.36. The molecule has 0 aliphatic carbocycles. The highest BCUT2D eigenvalue weighted by Crippen LogP contribution is 2.29. The summed E-state index contributed by atoms with van der Waals surface area (Å²) in [5, 5.41) is 13.8. The fourth-order valence-corrected chi connectivity index (χ4v) is 3.96. The number of ether oxygens (including phenoxy) is 1. The summed E-state index contributed by atoms with van der Waals surface area (Å²) in [6.07, 6.45) is 1.48. The first-order valence-electron chi connectivity index (χ1n) is 10.7. The number of amides is 1. The van der Waals surface area contributed by atoms with Gasteiger partial charge in [-0.1, -0.05) is 27.7 Å². The zero-order valence-corrected chi connectivity index (χ0v) is 18.7. The molecular weight excluding hydrogens is 358 g/mol. The minimum Gasteiger partial charge on any atom is -0.460 e. The molecule has 1 aliphatic rings. The minimum absolute atomic E-state index is 0.111. The van der Waals surface area contributed by atoms with Crippen molar-refractivity contribution in [2.45, 2.75) is 65.6 Å². The van der Waals surface area contributed by atoms with E-state index in [-0.39, 0.29) is 24.3 Å². The highest BCUT2D eigenvalue weighted by atomic mass is 16.5. The first-order valence-corrected chi connectivity index (χ1v) is 10.7. The Balaban J connectivity index is 2.96. The van der Waals surface area contributed by atoms with Crippen molar-refractivity contribution in [1.82, 2.24) is 15.1 Å². The molecule has 1 amide bonds. The maximum atomic E-state index is 12.7. The molecule has 0 radical (unpaired) electrons. The van der Waals surface area contributed by atoms with Crippen molar-refractivity contribution < 1.29 is 19.4 Å². The molecule has 2 N–H and O–H groups in total. The molecule has 1 heterocycles. The maximum absolute atomic E-state index is 12.7. The lowest BCUT2D eigenvalue weighted by atomic mass is 9.82. The number of carbonyl (C=O) groups is 2. The summed E-state index contributed by atoms with van der Waals surface area (Å²) in [7, 11) is 2.02. The summed E-state index contributed by atoms with van der Waals surface area (Å²) in [6.45, 7) is 13.5. The summed E-state index contributed by atoms with van der Waals surface area (Å²) in [6, 6.07) is 0. The van der Waals surface area contributed by atoms with Crippen LogP contribution < -0.4 is 5.32 Å². The second-order valence-electron chi connectivity index (χ2n) is 8.58. The lowest BCUT2D eigenvalue weighted by molar-refractivity contribution is -0.159. The van der Waals surface area contributed by atoms with Gasteiger partial charge in [-0.2, -0.15) is 0 Å². The van der Waals surface area contributed by atoms with E-state index < -0.39 is 17.6 Å². The van der Waals surface area contributed by atoms with Gasteiger partial charge in [0.2, 0.25) is 5.91 Å². The number of nitrogens with zero attached hydrogens (tertiary/aromatic N) is 2. The largest absolute Gasteiger partial charge is 0.460 e. The van der Waals surface area contributed by atoms with E-state index in [2.05, 4.69) is 10.2 Å². The average Bonchev–Trinajstić information content (AvgIpc) is 2.62. The van der Waals surface area contributed by atoms with Crippen molar-refractivity contribution in [2.24, 2.45) is 11.8 Å². The number of carbonyl (C=O) groups excluding carboxylic acids is 2. The van der Waals surface area contributed by atoms with Crippen LogP contribution in [0.5, 0.6) is 0 Å². The van der Waals surface area contributed by atoms with Crippen LogP contribution in [0.2, 0.25) is 0 Å². The fourth-order valence-electron chi connectivity index (χ4n) is 3.96. The molecule has 0 aromatic heterocycles. The standard InChI is InChI=1S/C21H41N3O4/c1-7-24(8-2)15-18(25)28-19-16(3)14-21(5,27)10-9-12-23(6)13-11-22-20(26)17(19)4/h16-17,19,27H,7-15H2,1-6H3,(H,22,26)/t16-,17-,19+,21-/m1/s1. The number of esters is 1. The van der Waals surface area contributed by atoms with Crippen LogP contribution in [0.3, 0.4) is 0 Å². The van der Waals surface area contributed by atoms with Gasteiger partial charge in [0, 0.05) is 13.1 Å². The molecule has 7 heteroatoms. The van der Waals surface area contributed by atoms with E-state index in [9.17, 15) is 14.7 Å². The Morgan fingerprint density at radius 3 is 2.57 bits per heavy atom. The van der Waals surface area contributed by atoms with Gasteiger partial charge in [0.1, 0.15) is 6.10 Å². The summed E-state index contributed by atoms with van der Waals surface area (Å²) in [5.74, 6) is -1.03. The van der Waals surface area contributed by atoms with Crippen LogP contribution in [-0.2, 0) is 14.3 Å². The first kappa shape index (κ1) is 24.9. The number of hydrogen-bond donors (Lipinski definition) is 2. The van der Waals surface area contributed by atoms with E-state index in [1.807, 2.05) is 39.6 Å². The van der Waals surface area contributed by atoms with Gasteiger partial charge in [-0.05, 0) is 58.8 Å². The summed E-state index contributed by atoms with van der Waals surface area (Å²) >= 11 is 0. The van der Waals surface area contributed by atoms with Crippen LogP contribution in [-0.4, -0.2) is 84.8 Å². The molecule has 0 aromatic carbocycles. The van der Waals surface area contributed by atoms with E-state index in [1.165, 1.54) is 0 Å². The Labute approximate surface area is 170 Å². The van der Waals surface area contributed by atoms with E-state index >= 15 is 0 Å². The SMILES string of the molecule is CCN(CC)CC(=O)O[C@H]1[C@H](C)C[C@](C)(O)CCCN(C)CCNC(=O)[C@@H]1C. The molecule has 1 fully saturated rings. The molecule has 164 valence electrons.